The molecule has 26 heavy (non-hydrogen) atoms. The Morgan fingerprint density at radius 3 is 1.65 bits per heavy atom. The van der Waals surface area contributed by atoms with E-state index in [0.29, 0.717) is 11.8 Å². The molecule has 0 amide bonds. The molecule has 1 aromatic heterocycles. The van der Waals surface area contributed by atoms with Gasteiger partial charge in [0.2, 0.25) is 0 Å². The van der Waals surface area contributed by atoms with Crippen LogP contribution in [0.25, 0.3) is 0 Å². The van der Waals surface area contributed by atoms with E-state index in [1.165, 1.54) is 42.8 Å². The maximum atomic E-state index is 10.5. The Balaban J connectivity index is 1.75. The molecule has 2 heterocycles. The highest BCUT2D eigenvalue weighted by molar-refractivity contribution is 6.97. The maximum Gasteiger partial charge on any atom is 0.197 e. The van der Waals surface area contributed by atoms with Crippen LogP contribution in [-0.4, -0.2) is 42.0 Å². The topological polar surface area (TPSA) is 48.6 Å². The number of hydrogen-bond donors (Lipinski definition) is 2. The van der Waals surface area contributed by atoms with Crippen molar-refractivity contribution in [2.45, 2.75) is 96.2 Å². The van der Waals surface area contributed by atoms with Crippen molar-refractivity contribution in [3.63, 3.8) is 0 Å². The average molecular weight is 395 g/mol. The first-order valence-corrected chi connectivity index (χ1v) is 16.0. The highest BCUT2D eigenvalue weighted by Crippen LogP contribution is 2.45. The molecule has 2 N–H and O–H groups in total. The van der Waals surface area contributed by atoms with Crippen molar-refractivity contribution in [3.05, 3.63) is 11.1 Å². The first kappa shape index (κ1) is 20.0. The summed E-state index contributed by atoms with van der Waals surface area (Å²) >= 11 is 0. The van der Waals surface area contributed by atoms with Crippen molar-refractivity contribution >= 4 is 16.5 Å². The average Bonchev–Trinajstić information content (AvgIpc) is 3.33. The van der Waals surface area contributed by atoms with Crippen LogP contribution in [-0.2, 0) is 19.4 Å². The smallest absolute Gasteiger partial charge is 0.197 e. The third kappa shape index (κ3) is 2.98. The van der Waals surface area contributed by atoms with E-state index in [1.54, 1.807) is 4.57 Å². The fraction of sp³-hybridized carbons (Fsp3) is 0.800. The Bertz CT molecular complexity index is 589. The molecule has 4 nitrogen and oxygen atoms in total. The van der Waals surface area contributed by atoms with Crippen LogP contribution in [0.3, 0.4) is 0 Å². The van der Waals surface area contributed by atoms with Crippen LogP contribution in [0.15, 0.2) is 0 Å². The highest BCUT2D eigenvalue weighted by Gasteiger charge is 2.53. The Morgan fingerprint density at radius 1 is 0.769 bits per heavy atom. The van der Waals surface area contributed by atoms with E-state index < -0.39 is 16.5 Å². The van der Waals surface area contributed by atoms with Gasteiger partial charge in [-0.05, 0) is 68.5 Å². The molecule has 1 aromatic rings. The Labute approximate surface area is 161 Å². The monoisotopic (exact) mass is 394 g/mol. The molecule has 3 rings (SSSR count). The predicted octanol–water partition coefficient (Wildman–Crippen LogP) is 5.06. The molecule has 148 valence electrons. The predicted molar refractivity (Wildman–Crippen MR) is 114 cm³/mol. The quantitative estimate of drug-likeness (QED) is 0.606. The number of rotatable bonds is 8. The summed E-state index contributed by atoms with van der Waals surface area (Å²) in [6, 6.07) is 8.53. The molecule has 1 saturated heterocycles. The molecule has 2 aliphatic rings. The maximum absolute atomic E-state index is 10.5. The van der Waals surface area contributed by atoms with Crippen LogP contribution < -0.4 is 0 Å². The van der Waals surface area contributed by atoms with Gasteiger partial charge in [-0.2, -0.15) is 0 Å². The largest absolute Gasteiger partial charge is 0.494 e. The van der Waals surface area contributed by atoms with Gasteiger partial charge in [0, 0.05) is 17.7 Å². The number of fused-ring (bicyclic) bond motifs is 1. The van der Waals surface area contributed by atoms with Crippen LogP contribution >= 0.6 is 0 Å². The minimum atomic E-state index is -1.29. The minimum Gasteiger partial charge on any atom is -0.494 e. The Morgan fingerprint density at radius 2 is 1.23 bits per heavy atom. The van der Waals surface area contributed by atoms with Crippen LogP contribution in [0.4, 0.5) is 0 Å². The lowest BCUT2D eigenvalue weighted by Crippen LogP contribution is -2.59. The fourth-order valence-corrected chi connectivity index (χ4v) is 22.0. The summed E-state index contributed by atoms with van der Waals surface area (Å²) in [5.41, 5.74) is 2.00. The van der Waals surface area contributed by atoms with E-state index >= 15 is 0 Å². The number of aromatic nitrogens is 1. The molecular weight excluding hydrogens is 356 g/mol. The summed E-state index contributed by atoms with van der Waals surface area (Å²) in [5, 5.41) is 21.0. The van der Waals surface area contributed by atoms with Crippen molar-refractivity contribution in [1.29, 1.82) is 0 Å². The van der Waals surface area contributed by atoms with Gasteiger partial charge in [-0.25, -0.2) is 0 Å². The van der Waals surface area contributed by atoms with Gasteiger partial charge in [0.1, 0.15) is 16.5 Å². The van der Waals surface area contributed by atoms with E-state index in [-0.39, 0.29) is 0 Å². The van der Waals surface area contributed by atoms with Crippen LogP contribution in [0.2, 0.25) is 36.3 Å². The molecule has 0 unspecified atom stereocenters. The van der Waals surface area contributed by atoms with Crippen molar-refractivity contribution in [3.8, 4) is 11.8 Å². The number of hydrogen-bond acceptors (Lipinski definition) is 3. The van der Waals surface area contributed by atoms with Crippen LogP contribution in [0.5, 0.6) is 11.8 Å². The lowest BCUT2D eigenvalue weighted by Gasteiger charge is -2.45. The van der Waals surface area contributed by atoms with Gasteiger partial charge < -0.3 is 14.4 Å². The lowest BCUT2D eigenvalue weighted by atomic mass is 10.2. The Kier molecular flexibility index (Phi) is 5.94. The zero-order chi connectivity index (χ0) is 18.9. The molecule has 0 radical (unpaired) electrons. The fourth-order valence-electron chi connectivity index (χ4n) is 5.95. The van der Waals surface area contributed by atoms with Crippen molar-refractivity contribution < 1.29 is 10.2 Å². The third-order valence-electron chi connectivity index (χ3n) is 7.87. The van der Waals surface area contributed by atoms with E-state index in [1.807, 2.05) is 0 Å². The summed E-state index contributed by atoms with van der Waals surface area (Å²) in [5.74, 6) is 0.667. The van der Waals surface area contributed by atoms with Gasteiger partial charge in [0.15, 0.2) is 11.8 Å². The molecular formula is C20H38N2O2Si2. The number of nitrogens with zero attached hydrogens (tertiary/aromatic N) is 2. The highest BCUT2D eigenvalue weighted by atomic mass is 28.4. The zero-order valence-electron chi connectivity index (χ0n) is 17.3. The summed E-state index contributed by atoms with van der Waals surface area (Å²) in [7, 11) is -2.59. The van der Waals surface area contributed by atoms with Crippen molar-refractivity contribution in [1.82, 2.24) is 8.80 Å². The van der Waals surface area contributed by atoms with Gasteiger partial charge in [0.05, 0.1) is 0 Å². The first-order chi connectivity index (χ1) is 12.5. The normalized spacial score (nSPS) is 21.4. The second-order valence-electron chi connectivity index (χ2n) is 8.48. The molecule has 6 heteroatoms. The van der Waals surface area contributed by atoms with E-state index in [0.717, 1.165) is 43.4 Å². The molecule has 1 aliphatic heterocycles. The molecule has 0 spiro atoms. The summed E-state index contributed by atoms with van der Waals surface area (Å²) in [6.45, 7) is 11.6. The number of aromatic hydroxyl groups is 2. The van der Waals surface area contributed by atoms with Crippen molar-refractivity contribution in [2.75, 3.05) is 6.54 Å². The van der Waals surface area contributed by atoms with Crippen LogP contribution in [0.1, 0.15) is 51.7 Å². The second-order valence-corrected chi connectivity index (χ2v) is 18.7. The molecule has 1 aliphatic carbocycles. The molecule has 0 saturated carbocycles. The van der Waals surface area contributed by atoms with Gasteiger partial charge in [-0.1, -0.05) is 27.7 Å². The SMILES string of the molecule is CC[Si]1(CC)CC[Si](CC)(CC)N1CCCn1c(O)c2c(c1O)CCC2. The third-order valence-corrected chi connectivity index (χ3v) is 21.6. The summed E-state index contributed by atoms with van der Waals surface area (Å²) < 4.78 is 4.87. The molecule has 0 atom stereocenters. The first-order valence-electron chi connectivity index (χ1n) is 10.9. The van der Waals surface area contributed by atoms with Crippen molar-refractivity contribution in [2.24, 2.45) is 0 Å². The summed E-state index contributed by atoms with van der Waals surface area (Å²) in [6.07, 6.45) is 3.93. The van der Waals surface area contributed by atoms with Gasteiger partial charge >= 0.3 is 0 Å². The van der Waals surface area contributed by atoms with Crippen LogP contribution in [0, 0.1) is 0 Å². The van der Waals surface area contributed by atoms with Gasteiger partial charge in [0.25, 0.3) is 0 Å². The molecule has 0 bridgehead atoms. The van der Waals surface area contributed by atoms with Gasteiger partial charge in [-0.15, -0.1) is 0 Å². The van der Waals surface area contributed by atoms with E-state index in [4.69, 9.17) is 0 Å². The summed E-state index contributed by atoms with van der Waals surface area (Å²) in [4.78, 5) is 0. The van der Waals surface area contributed by atoms with E-state index in [2.05, 4.69) is 31.9 Å². The van der Waals surface area contributed by atoms with E-state index in [9.17, 15) is 10.2 Å². The Hall–Kier alpha value is -0.726. The minimum absolute atomic E-state index is 0.334. The lowest BCUT2D eigenvalue weighted by molar-refractivity contribution is 0.355. The molecule has 0 aromatic carbocycles. The molecule has 1 fully saturated rings. The van der Waals surface area contributed by atoms with Gasteiger partial charge in [-0.3, -0.25) is 4.57 Å². The zero-order valence-corrected chi connectivity index (χ0v) is 19.3. The standard InChI is InChI=1S/C20H38N2O2Si2/c1-5-25(6-2)15-16-26(7-3,8-4)22(25)14-10-13-21-19(23)17-11-9-12-18(17)20(21)24/h23-24H,5-16H2,1-4H3. The second kappa shape index (κ2) is 7.72.